The molecule has 0 bridgehead atoms. The van der Waals surface area contributed by atoms with Crippen molar-refractivity contribution in [3.8, 4) is 5.75 Å². The molecule has 8 heteroatoms. The summed E-state index contributed by atoms with van der Waals surface area (Å²) in [5.74, 6) is -2.22. The average molecular weight is 465 g/mol. The molecule has 7 nitrogen and oxygen atoms in total. The Morgan fingerprint density at radius 2 is 1.58 bits per heavy atom. The van der Waals surface area contributed by atoms with Gasteiger partial charge in [-0.25, -0.2) is 4.90 Å². The topological polar surface area (TPSA) is 84.0 Å². The van der Waals surface area contributed by atoms with Crippen LogP contribution in [0.15, 0.2) is 60.7 Å². The van der Waals surface area contributed by atoms with E-state index in [0.29, 0.717) is 29.2 Å². The van der Waals surface area contributed by atoms with E-state index in [4.69, 9.17) is 16.3 Å². The zero-order valence-corrected chi connectivity index (χ0v) is 18.4. The third-order valence-electron chi connectivity index (χ3n) is 6.40. The van der Waals surface area contributed by atoms with Gasteiger partial charge in [0.1, 0.15) is 5.75 Å². The Hall–Kier alpha value is -3.45. The van der Waals surface area contributed by atoms with Gasteiger partial charge in [0.25, 0.3) is 0 Å². The van der Waals surface area contributed by atoms with Crippen molar-refractivity contribution in [2.45, 2.75) is 19.3 Å². The monoisotopic (exact) mass is 464 g/mol. The van der Waals surface area contributed by atoms with Gasteiger partial charge >= 0.3 is 5.97 Å². The summed E-state index contributed by atoms with van der Waals surface area (Å²) in [7, 11) is 0. The summed E-state index contributed by atoms with van der Waals surface area (Å²) in [5, 5.41) is 0.562. The predicted molar refractivity (Wildman–Crippen MR) is 122 cm³/mol. The minimum absolute atomic E-state index is 0.0423. The van der Waals surface area contributed by atoms with E-state index < -0.39 is 11.9 Å². The number of ether oxygens (including phenoxy) is 1. The summed E-state index contributed by atoms with van der Waals surface area (Å²) in [5.41, 5.74) is 1.05. The highest BCUT2D eigenvalue weighted by Crippen LogP contribution is 2.38. The van der Waals surface area contributed by atoms with E-state index >= 15 is 0 Å². The lowest BCUT2D eigenvalue weighted by molar-refractivity contribution is -0.139. The lowest BCUT2D eigenvalue weighted by atomic mass is 9.85. The highest BCUT2D eigenvalue weighted by molar-refractivity contribution is 6.30. The first kappa shape index (κ1) is 21.4. The van der Waals surface area contributed by atoms with Crippen molar-refractivity contribution in [1.82, 2.24) is 0 Å². The van der Waals surface area contributed by atoms with Gasteiger partial charge in [0.05, 0.1) is 23.4 Å². The molecule has 3 amide bonds. The number of allylic oxidation sites excluding steroid dienone is 2. The van der Waals surface area contributed by atoms with E-state index in [1.807, 2.05) is 12.2 Å². The Morgan fingerprint density at radius 1 is 0.909 bits per heavy atom. The molecular formula is C25H21ClN2O5. The molecule has 0 saturated carbocycles. The molecule has 1 aliphatic carbocycles. The smallest absolute Gasteiger partial charge is 0.316 e. The molecular weight excluding hydrogens is 444 g/mol. The number of hydrogen-bond donors (Lipinski definition) is 0. The molecule has 0 N–H and O–H groups in total. The van der Waals surface area contributed by atoms with Crippen LogP contribution in [0.5, 0.6) is 5.75 Å². The first-order chi connectivity index (χ1) is 15.9. The second-order valence-electron chi connectivity index (χ2n) is 8.47. The summed E-state index contributed by atoms with van der Waals surface area (Å²) in [6.45, 7) is 0.207. The molecule has 3 atom stereocenters. The molecule has 0 radical (unpaired) electrons. The van der Waals surface area contributed by atoms with Crippen LogP contribution in [0, 0.1) is 17.8 Å². The van der Waals surface area contributed by atoms with E-state index in [9.17, 15) is 19.2 Å². The molecule has 3 aliphatic rings. The largest absolute Gasteiger partial charge is 0.426 e. The van der Waals surface area contributed by atoms with Crippen LogP contribution >= 0.6 is 11.6 Å². The molecule has 2 fully saturated rings. The molecule has 2 aromatic carbocycles. The number of carbonyl (C=O) groups is 4. The second-order valence-corrected chi connectivity index (χ2v) is 8.90. The third-order valence-corrected chi connectivity index (χ3v) is 6.65. The first-order valence-corrected chi connectivity index (χ1v) is 11.2. The Balaban J connectivity index is 1.29. The number of rotatable bonds is 4. The van der Waals surface area contributed by atoms with Gasteiger partial charge in [-0.3, -0.25) is 19.2 Å². The number of carbonyl (C=O) groups excluding carboxylic acids is 4. The fourth-order valence-corrected chi connectivity index (χ4v) is 4.80. The molecule has 168 valence electrons. The van der Waals surface area contributed by atoms with Crippen molar-refractivity contribution in [3.05, 3.63) is 65.7 Å². The lowest BCUT2D eigenvalue weighted by Crippen LogP contribution is -2.31. The summed E-state index contributed by atoms with van der Waals surface area (Å²) in [6.07, 6.45) is 5.02. The highest BCUT2D eigenvalue weighted by atomic mass is 35.5. The van der Waals surface area contributed by atoms with Crippen molar-refractivity contribution >= 4 is 46.7 Å². The average Bonchev–Trinajstić information content (AvgIpc) is 3.32. The maximum Gasteiger partial charge on any atom is 0.316 e. The molecule has 2 aromatic rings. The lowest BCUT2D eigenvalue weighted by Gasteiger charge is -2.17. The Kier molecular flexibility index (Phi) is 5.50. The molecule has 0 spiro atoms. The minimum Gasteiger partial charge on any atom is -0.426 e. The summed E-state index contributed by atoms with van der Waals surface area (Å²) in [4.78, 5) is 53.6. The SMILES string of the molecule is O=C(Oc1cccc(N2C(=O)[C@@H]3CC=CC[C@H]3C2=O)c1)[C@H]1CC(=O)N(c2ccc(Cl)cc2)C1. The van der Waals surface area contributed by atoms with Crippen LogP contribution in [0.3, 0.4) is 0 Å². The minimum atomic E-state index is -0.624. The molecule has 0 aromatic heterocycles. The van der Waals surface area contributed by atoms with Crippen molar-refractivity contribution < 1.29 is 23.9 Å². The quantitative estimate of drug-likeness (QED) is 0.298. The van der Waals surface area contributed by atoms with Crippen LogP contribution in [-0.2, 0) is 19.2 Å². The third kappa shape index (κ3) is 3.93. The number of anilines is 2. The van der Waals surface area contributed by atoms with Gasteiger partial charge < -0.3 is 9.64 Å². The Labute approximate surface area is 195 Å². The van der Waals surface area contributed by atoms with Crippen molar-refractivity contribution in [1.29, 1.82) is 0 Å². The number of benzene rings is 2. The number of amides is 3. The number of halogens is 1. The van der Waals surface area contributed by atoms with Crippen LogP contribution < -0.4 is 14.5 Å². The Bertz CT molecular complexity index is 1150. The molecule has 2 heterocycles. The van der Waals surface area contributed by atoms with Crippen molar-refractivity contribution in [3.63, 3.8) is 0 Å². The van der Waals surface area contributed by atoms with E-state index in [0.717, 1.165) is 0 Å². The van der Waals surface area contributed by atoms with Crippen molar-refractivity contribution in [2.75, 3.05) is 16.3 Å². The van der Waals surface area contributed by atoms with Gasteiger partial charge in [0.2, 0.25) is 17.7 Å². The molecule has 2 aliphatic heterocycles. The fraction of sp³-hybridized carbons (Fsp3) is 0.280. The predicted octanol–water partition coefficient (Wildman–Crippen LogP) is 3.75. The highest BCUT2D eigenvalue weighted by Gasteiger charge is 2.48. The van der Waals surface area contributed by atoms with Crippen LogP contribution in [-0.4, -0.2) is 30.2 Å². The van der Waals surface area contributed by atoms with Crippen molar-refractivity contribution in [2.24, 2.45) is 17.8 Å². The fourth-order valence-electron chi connectivity index (χ4n) is 4.68. The van der Waals surface area contributed by atoms with Gasteiger partial charge in [-0.15, -0.1) is 0 Å². The molecule has 0 unspecified atom stereocenters. The van der Waals surface area contributed by atoms with E-state index in [-0.39, 0.29) is 48.3 Å². The van der Waals surface area contributed by atoms with Gasteiger partial charge in [-0.1, -0.05) is 29.8 Å². The summed E-state index contributed by atoms with van der Waals surface area (Å²) >= 11 is 5.91. The van der Waals surface area contributed by atoms with Crippen LogP contribution in [0.25, 0.3) is 0 Å². The standard InChI is InChI=1S/C25H21ClN2O5/c26-16-8-10-17(11-9-16)27-14-15(12-22(27)29)25(32)33-19-5-3-4-18(13-19)28-23(30)20-6-1-2-7-21(20)24(28)31/h1-5,8-11,13,15,20-21H,6-7,12,14H2/t15-,20+,21+/m0/s1. The van der Waals surface area contributed by atoms with Crippen LogP contribution in [0.4, 0.5) is 11.4 Å². The van der Waals surface area contributed by atoms with Gasteiger partial charge in [0, 0.05) is 29.7 Å². The summed E-state index contributed by atoms with van der Waals surface area (Å²) < 4.78 is 5.54. The first-order valence-electron chi connectivity index (χ1n) is 10.8. The number of nitrogens with zero attached hydrogens (tertiary/aromatic N) is 2. The van der Waals surface area contributed by atoms with Crippen LogP contribution in [0.1, 0.15) is 19.3 Å². The van der Waals surface area contributed by atoms with E-state index in [1.54, 1.807) is 42.5 Å². The van der Waals surface area contributed by atoms with Gasteiger partial charge in [-0.2, -0.15) is 0 Å². The summed E-state index contributed by atoms with van der Waals surface area (Å²) in [6, 6.07) is 13.2. The van der Waals surface area contributed by atoms with Gasteiger partial charge in [-0.05, 0) is 49.2 Å². The zero-order chi connectivity index (χ0) is 23.1. The maximum atomic E-state index is 12.8. The molecule has 2 saturated heterocycles. The van der Waals surface area contributed by atoms with E-state index in [2.05, 4.69) is 0 Å². The number of imide groups is 1. The number of esters is 1. The second kappa shape index (κ2) is 8.48. The Morgan fingerprint density at radius 3 is 2.24 bits per heavy atom. The molecule has 5 rings (SSSR count). The van der Waals surface area contributed by atoms with Gasteiger partial charge in [0.15, 0.2) is 0 Å². The zero-order valence-electron chi connectivity index (χ0n) is 17.6. The maximum absolute atomic E-state index is 12.8. The number of fused-ring (bicyclic) bond motifs is 1. The molecule has 33 heavy (non-hydrogen) atoms. The van der Waals surface area contributed by atoms with Crippen LogP contribution in [0.2, 0.25) is 5.02 Å². The normalized spacial score (nSPS) is 24.4. The van der Waals surface area contributed by atoms with E-state index in [1.165, 1.54) is 15.9 Å². The number of hydrogen-bond acceptors (Lipinski definition) is 5.